The Morgan fingerprint density at radius 3 is 2.05 bits per heavy atom. The van der Waals surface area contributed by atoms with Crippen molar-refractivity contribution in [1.29, 1.82) is 0 Å². The number of carbonyl (C=O) groups is 2. The average molecular weight is 314 g/mol. The van der Waals surface area contributed by atoms with Crippen molar-refractivity contribution < 1.29 is 14.3 Å². The first kappa shape index (κ1) is 20.9. The summed E-state index contributed by atoms with van der Waals surface area (Å²) in [4.78, 5) is 24.8. The van der Waals surface area contributed by atoms with Gasteiger partial charge < -0.3 is 15.4 Å². The molecule has 0 aliphatic carbocycles. The van der Waals surface area contributed by atoms with Gasteiger partial charge in [0.2, 0.25) is 5.91 Å². The fourth-order valence-corrected chi connectivity index (χ4v) is 2.12. The smallest absolute Gasteiger partial charge is 0.329 e. The highest BCUT2D eigenvalue weighted by Crippen LogP contribution is 2.15. The second-order valence-corrected chi connectivity index (χ2v) is 7.38. The highest BCUT2D eigenvalue weighted by atomic mass is 16.6. The van der Waals surface area contributed by atoms with Gasteiger partial charge in [-0.3, -0.25) is 4.79 Å². The molecule has 0 aliphatic heterocycles. The van der Waals surface area contributed by atoms with E-state index in [1.54, 1.807) is 7.05 Å². The van der Waals surface area contributed by atoms with Crippen molar-refractivity contribution in [2.24, 2.45) is 11.8 Å². The van der Waals surface area contributed by atoms with E-state index in [1.807, 2.05) is 34.6 Å². The van der Waals surface area contributed by atoms with Crippen LogP contribution in [0.25, 0.3) is 0 Å². The van der Waals surface area contributed by atoms with Crippen LogP contribution in [-0.2, 0) is 14.3 Å². The minimum Gasteiger partial charge on any atom is -0.458 e. The Hall–Kier alpha value is -1.10. The Bertz CT molecular complexity index is 361. The summed E-state index contributed by atoms with van der Waals surface area (Å²) in [5.74, 6) is -0.0934. The number of hydrogen-bond donors (Lipinski definition) is 2. The quantitative estimate of drug-likeness (QED) is 0.676. The van der Waals surface area contributed by atoms with E-state index >= 15 is 0 Å². The summed E-state index contributed by atoms with van der Waals surface area (Å²) in [5.41, 5.74) is -0.562. The minimum atomic E-state index is -0.611. The molecule has 0 radical (unpaired) electrons. The van der Waals surface area contributed by atoms with E-state index in [4.69, 9.17) is 4.74 Å². The molecular formula is C17H34N2O3. The zero-order chi connectivity index (χ0) is 17.5. The Morgan fingerprint density at radius 2 is 1.68 bits per heavy atom. The Morgan fingerprint density at radius 1 is 1.14 bits per heavy atom. The van der Waals surface area contributed by atoms with Gasteiger partial charge in [0.15, 0.2) is 0 Å². The molecule has 22 heavy (non-hydrogen) atoms. The summed E-state index contributed by atoms with van der Waals surface area (Å²) in [5, 5.41) is 5.89. The highest BCUT2D eigenvalue weighted by molar-refractivity contribution is 5.87. The van der Waals surface area contributed by atoms with Crippen molar-refractivity contribution in [3.05, 3.63) is 0 Å². The van der Waals surface area contributed by atoms with Crippen molar-refractivity contribution in [2.45, 2.75) is 79.0 Å². The van der Waals surface area contributed by atoms with E-state index in [0.29, 0.717) is 5.92 Å². The Labute approximate surface area is 135 Å². The summed E-state index contributed by atoms with van der Waals surface area (Å²) in [7, 11) is 1.76. The molecule has 0 fully saturated rings. The number of esters is 1. The standard InChI is InChI=1S/C17H34N2O3/c1-9-12(4)14(16(21)22-17(5,6)7)19-15(20)13(18-8)10-11(2)3/h11-14,18H,9-10H2,1-8H3,(H,19,20)/t12-,13-,14-/m0/s1. The fraction of sp³-hybridized carbons (Fsp3) is 0.882. The summed E-state index contributed by atoms with van der Waals surface area (Å²) in [6, 6.07) is -0.909. The lowest BCUT2D eigenvalue weighted by atomic mass is 9.97. The monoisotopic (exact) mass is 314 g/mol. The molecule has 0 unspecified atom stereocenters. The molecule has 0 bridgehead atoms. The van der Waals surface area contributed by atoms with Gasteiger partial charge in [-0.25, -0.2) is 4.79 Å². The number of ether oxygens (including phenoxy) is 1. The molecule has 0 saturated heterocycles. The molecule has 3 atom stereocenters. The molecule has 0 aromatic heterocycles. The summed E-state index contributed by atoms with van der Waals surface area (Å²) in [6.07, 6.45) is 1.52. The maximum absolute atomic E-state index is 12.4. The zero-order valence-electron chi connectivity index (χ0n) is 15.4. The van der Waals surface area contributed by atoms with Crippen LogP contribution in [0.15, 0.2) is 0 Å². The maximum Gasteiger partial charge on any atom is 0.329 e. The second kappa shape index (κ2) is 9.13. The largest absolute Gasteiger partial charge is 0.458 e. The van der Waals surface area contributed by atoms with Gasteiger partial charge in [-0.2, -0.15) is 0 Å². The normalized spacial score (nSPS) is 16.0. The van der Waals surface area contributed by atoms with Crippen molar-refractivity contribution in [2.75, 3.05) is 7.05 Å². The van der Waals surface area contributed by atoms with Gasteiger partial charge in [0.25, 0.3) is 0 Å². The molecule has 5 nitrogen and oxygen atoms in total. The van der Waals surface area contributed by atoms with E-state index < -0.39 is 11.6 Å². The highest BCUT2D eigenvalue weighted by Gasteiger charge is 2.32. The molecule has 0 aromatic rings. The van der Waals surface area contributed by atoms with Crippen LogP contribution in [0.1, 0.15) is 61.3 Å². The maximum atomic E-state index is 12.4. The van der Waals surface area contributed by atoms with Gasteiger partial charge >= 0.3 is 5.97 Å². The molecule has 0 aromatic carbocycles. The summed E-state index contributed by atoms with van der Waals surface area (Å²) < 4.78 is 5.44. The van der Waals surface area contributed by atoms with Crippen LogP contribution in [0.2, 0.25) is 0 Å². The van der Waals surface area contributed by atoms with E-state index in [1.165, 1.54) is 0 Å². The first-order valence-corrected chi connectivity index (χ1v) is 8.22. The van der Waals surface area contributed by atoms with E-state index in [0.717, 1.165) is 12.8 Å². The summed E-state index contributed by atoms with van der Waals surface area (Å²) in [6.45, 7) is 13.6. The van der Waals surface area contributed by atoms with E-state index in [-0.39, 0.29) is 23.8 Å². The average Bonchev–Trinajstić information content (AvgIpc) is 2.38. The lowest BCUT2D eigenvalue weighted by Gasteiger charge is -2.29. The molecule has 0 aliphatic rings. The molecule has 5 heteroatoms. The lowest BCUT2D eigenvalue weighted by Crippen LogP contribution is -2.53. The molecule has 0 heterocycles. The SMILES string of the molecule is CC[C@H](C)[C@H](NC(=O)[C@H](CC(C)C)NC)C(=O)OC(C)(C)C. The van der Waals surface area contributed by atoms with Crippen molar-refractivity contribution in [3.63, 3.8) is 0 Å². The number of amides is 1. The van der Waals surface area contributed by atoms with Gasteiger partial charge in [-0.1, -0.05) is 34.1 Å². The van der Waals surface area contributed by atoms with Gasteiger partial charge in [0, 0.05) is 0 Å². The van der Waals surface area contributed by atoms with Crippen molar-refractivity contribution >= 4 is 11.9 Å². The van der Waals surface area contributed by atoms with Gasteiger partial charge in [0.05, 0.1) is 6.04 Å². The summed E-state index contributed by atoms with van der Waals surface area (Å²) >= 11 is 0. The number of rotatable bonds is 8. The van der Waals surface area contributed by atoms with Crippen LogP contribution in [0.3, 0.4) is 0 Å². The van der Waals surface area contributed by atoms with Crippen LogP contribution in [0.5, 0.6) is 0 Å². The molecule has 2 N–H and O–H groups in total. The first-order valence-electron chi connectivity index (χ1n) is 8.22. The van der Waals surface area contributed by atoms with E-state index in [9.17, 15) is 9.59 Å². The fourth-order valence-electron chi connectivity index (χ4n) is 2.12. The third-order valence-corrected chi connectivity index (χ3v) is 3.54. The van der Waals surface area contributed by atoms with Crippen LogP contribution in [0, 0.1) is 11.8 Å². The molecule has 130 valence electrons. The zero-order valence-corrected chi connectivity index (χ0v) is 15.4. The van der Waals surface area contributed by atoms with E-state index in [2.05, 4.69) is 24.5 Å². The van der Waals surface area contributed by atoms with Gasteiger partial charge in [-0.05, 0) is 46.1 Å². The number of carbonyl (C=O) groups excluding carboxylic acids is 2. The molecule has 0 saturated carbocycles. The van der Waals surface area contributed by atoms with Gasteiger partial charge in [-0.15, -0.1) is 0 Å². The van der Waals surface area contributed by atoms with Crippen LogP contribution in [0.4, 0.5) is 0 Å². The third-order valence-electron chi connectivity index (χ3n) is 3.54. The minimum absolute atomic E-state index is 0.0235. The molecule has 1 amide bonds. The lowest BCUT2D eigenvalue weighted by molar-refractivity contribution is -0.160. The Kier molecular flexibility index (Phi) is 8.68. The second-order valence-electron chi connectivity index (χ2n) is 7.38. The number of nitrogens with one attached hydrogen (secondary N) is 2. The van der Waals surface area contributed by atoms with Crippen molar-refractivity contribution in [3.8, 4) is 0 Å². The van der Waals surface area contributed by atoms with Crippen LogP contribution >= 0.6 is 0 Å². The molecular weight excluding hydrogens is 280 g/mol. The molecule has 0 rings (SSSR count). The van der Waals surface area contributed by atoms with Crippen molar-refractivity contribution in [1.82, 2.24) is 10.6 Å². The Balaban J connectivity index is 4.98. The predicted molar refractivity (Wildman–Crippen MR) is 89.5 cm³/mol. The predicted octanol–water partition coefficient (Wildman–Crippen LogP) is 2.49. The first-order chi connectivity index (χ1) is 10.0. The van der Waals surface area contributed by atoms with Gasteiger partial charge in [0.1, 0.15) is 11.6 Å². The molecule has 0 spiro atoms. The number of hydrogen-bond acceptors (Lipinski definition) is 4. The van der Waals surface area contributed by atoms with Crippen LogP contribution < -0.4 is 10.6 Å². The topological polar surface area (TPSA) is 67.4 Å². The van der Waals surface area contributed by atoms with Crippen LogP contribution in [-0.4, -0.2) is 36.6 Å². The number of likely N-dealkylation sites (N-methyl/N-ethyl adjacent to an activating group) is 1. The third kappa shape index (κ3) is 7.78.